The van der Waals surface area contributed by atoms with Crippen molar-refractivity contribution in [2.75, 3.05) is 4.90 Å². The van der Waals surface area contributed by atoms with E-state index in [2.05, 4.69) is 205 Å². The number of hydrogen-bond acceptors (Lipinski definition) is 1. The molecule has 0 amide bonds. The molecular formula is C50H33N. The van der Waals surface area contributed by atoms with Crippen LogP contribution in [-0.4, -0.2) is 0 Å². The summed E-state index contributed by atoms with van der Waals surface area (Å²) in [4.78, 5) is 2.40. The topological polar surface area (TPSA) is 3.24 Å². The SMILES string of the molecule is c1ccc(-c2ccc(N(c3ccc4cc5c(cc4c3)-c3cc4ccc(-c6ccccc6)cc4cc3-5)c3ccccc3-c3ccccc3)cc2)cc1. The van der Waals surface area contributed by atoms with Crippen molar-refractivity contribution in [3.63, 3.8) is 0 Å². The van der Waals surface area contributed by atoms with Crippen molar-refractivity contribution in [3.05, 3.63) is 200 Å². The number of benzene rings is 9. The minimum Gasteiger partial charge on any atom is -0.310 e. The van der Waals surface area contributed by atoms with Crippen LogP contribution in [0.4, 0.5) is 17.1 Å². The highest BCUT2D eigenvalue weighted by atomic mass is 15.1. The standard InChI is InChI=1S/C50H33N/c1-4-12-34(13-5-1)36-22-25-43(26-23-36)51(50-19-11-10-18-45(50)37-16-8-3-9-17-37)44-27-24-40-31-47-48-32-41-28-38(35-14-6-2-7-15-35)20-21-39(41)30-46(48)49(47)33-42(40)29-44/h1-33H. The van der Waals surface area contributed by atoms with Crippen molar-refractivity contribution in [1.82, 2.24) is 0 Å². The Labute approximate surface area is 298 Å². The lowest BCUT2D eigenvalue weighted by Gasteiger charge is -2.29. The molecule has 0 saturated carbocycles. The summed E-state index contributed by atoms with van der Waals surface area (Å²) < 4.78 is 0. The van der Waals surface area contributed by atoms with Crippen molar-refractivity contribution < 1.29 is 0 Å². The zero-order chi connectivity index (χ0) is 33.7. The van der Waals surface area contributed by atoms with Gasteiger partial charge in [0.05, 0.1) is 5.69 Å². The molecule has 9 aromatic carbocycles. The highest BCUT2D eigenvalue weighted by molar-refractivity contribution is 6.12. The molecule has 0 unspecified atom stereocenters. The van der Waals surface area contributed by atoms with Gasteiger partial charge in [-0.1, -0.05) is 140 Å². The highest BCUT2D eigenvalue weighted by Crippen LogP contribution is 2.51. The zero-order valence-corrected chi connectivity index (χ0v) is 28.0. The van der Waals surface area contributed by atoms with Crippen LogP contribution < -0.4 is 4.90 Å². The number of rotatable bonds is 6. The van der Waals surface area contributed by atoms with Crippen molar-refractivity contribution in [1.29, 1.82) is 0 Å². The van der Waals surface area contributed by atoms with Gasteiger partial charge in [-0.15, -0.1) is 0 Å². The van der Waals surface area contributed by atoms with Crippen LogP contribution in [0.3, 0.4) is 0 Å². The molecule has 0 spiro atoms. The van der Waals surface area contributed by atoms with Crippen LogP contribution in [0.5, 0.6) is 0 Å². The van der Waals surface area contributed by atoms with Gasteiger partial charge in [0.1, 0.15) is 0 Å². The van der Waals surface area contributed by atoms with E-state index in [9.17, 15) is 0 Å². The van der Waals surface area contributed by atoms with Gasteiger partial charge in [0.25, 0.3) is 0 Å². The first-order valence-electron chi connectivity index (χ1n) is 17.6. The van der Waals surface area contributed by atoms with Crippen LogP contribution in [0.2, 0.25) is 0 Å². The van der Waals surface area contributed by atoms with Crippen molar-refractivity contribution in [2.24, 2.45) is 0 Å². The summed E-state index contributed by atoms with van der Waals surface area (Å²) >= 11 is 0. The van der Waals surface area contributed by atoms with Crippen LogP contribution in [0.1, 0.15) is 0 Å². The van der Waals surface area contributed by atoms with E-state index < -0.39 is 0 Å². The Morgan fingerprint density at radius 1 is 0.235 bits per heavy atom. The van der Waals surface area contributed by atoms with Crippen molar-refractivity contribution in [2.45, 2.75) is 0 Å². The van der Waals surface area contributed by atoms with Gasteiger partial charge in [0.15, 0.2) is 0 Å². The molecule has 0 saturated heterocycles. The molecule has 0 N–H and O–H groups in total. The lowest BCUT2D eigenvalue weighted by Crippen LogP contribution is -2.11. The molecule has 10 rings (SSSR count). The Kier molecular flexibility index (Phi) is 6.89. The second-order valence-corrected chi connectivity index (χ2v) is 13.4. The lowest BCUT2D eigenvalue weighted by molar-refractivity contribution is 1.29. The number of anilines is 3. The molecule has 0 bridgehead atoms. The van der Waals surface area contributed by atoms with Gasteiger partial charge in [-0.2, -0.15) is 0 Å². The molecule has 0 heterocycles. The molecule has 1 aliphatic carbocycles. The van der Waals surface area contributed by atoms with Gasteiger partial charge in [-0.3, -0.25) is 0 Å². The van der Waals surface area contributed by atoms with Gasteiger partial charge >= 0.3 is 0 Å². The minimum absolute atomic E-state index is 1.12. The van der Waals surface area contributed by atoms with E-state index in [4.69, 9.17) is 0 Å². The molecule has 0 aromatic heterocycles. The predicted octanol–water partition coefficient (Wildman–Crippen LogP) is 14.1. The van der Waals surface area contributed by atoms with Gasteiger partial charge in [-0.25, -0.2) is 0 Å². The maximum absolute atomic E-state index is 2.40. The van der Waals surface area contributed by atoms with Gasteiger partial charge in [0.2, 0.25) is 0 Å². The van der Waals surface area contributed by atoms with Crippen LogP contribution in [0, 0.1) is 0 Å². The Balaban J connectivity index is 1.08. The first kappa shape index (κ1) is 29.2. The number of nitrogens with zero attached hydrogens (tertiary/aromatic N) is 1. The third kappa shape index (κ3) is 5.10. The smallest absolute Gasteiger partial charge is 0.0540 e. The van der Waals surface area contributed by atoms with Gasteiger partial charge < -0.3 is 4.90 Å². The molecule has 9 aromatic rings. The van der Waals surface area contributed by atoms with Crippen LogP contribution in [0.15, 0.2) is 200 Å². The predicted molar refractivity (Wildman–Crippen MR) is 217 cm³/mol. The Bertz CT molecular complexity index is 2710. The summed E-state index contributed by atoms with van der Waals surface area (Å²) in [7, 11) is 0. The second-order valence-electron chi connectivity index (χ2n) is 13.4. The zero-order valence-electron chi connectivity index (χ0n) is 28.0. The highest BCUT2D eigenvalue weighted by Gasteiger charge is 2.25. The Hall–Kier alpha value is -6.70. The molecule has 238 valence electrons. The van der Waals surface area contributed by atoms with E-state index in [1.54, 1.807) is 0 Å². The maximum atomic E-state index is 2.40. The number of hydrogen-bond donors (Lipinski definition) is 0. The molecule has 0 radical (unpaired) electrons. The Morgan fingerprint density at radius 3 is 1.29 bits per heavy atom. The fraction of sp³-hybridized carbons (Fsp3) is 0. The summed E-state index contributed by atoms with van der Waals surface area (Å²) in [5.41, 5.74) is 16.0. The summed E-state index contributed by atoms with van der Waals surface area (Å²) in [5.74, 6) is 0. The Morgan fingerprint density at radius 2 is 0.667 bits per heavy atom. The molecule has 0 fully saturated rings. The second kappa shape index (κ2) is 12.0. The first-order chi connectivity index (χ1) is 25.3. The molecule has 1 nitrogen and oxygen atoms in total. The van der Waals surface area contributed by atoms with Crippen molar-refractivity contribution >= 4 is 38.6 Å². The number of fused-ring (bicyclic) bond motifs is 6. The first-order valence-corrected chi connectivity index (χ1v) is 17.6. The lowest BCUT2D eigenvalue weighted by atomic mass is 9.77. The molecule has 1 aliphatic rings. The molecule has 1 heteroatoms. The summed E-state index contributed by atoms with van der Waals surface area (Å²) in [6.07, 6.45) is 0. The average molecular weight is 648 g/mol. The quantitative estimate of drug-likeness (QED) is 0.174. The van der Waals surface area contributed by atoms with E-state index in [0.717, 1.165) is 17.1 Å². The van der Waals surface area contributed by atoms with Gasteiger partial charge in [0, 0.05) is 16.9 Å². The van der Waals surface area contributed by atoms with E-state index in [1.165, 1.54) is 77.2 Å². The summed E-state index contributed by atoms with van der Waals surface area (Å²) in [6, 6.07) is 72.9. The van der Waals surface area contributed by atoms with Crippen molar-refractivity contribution in [3.8, 4) is 55.6 Å². The molecular weight excluding hydrogens is 615 g/mol. The number of para-hydroxylation sites is 1. The fourth-order valence-electron chi connectivity index (χ4n) is 7.75. The molecule has 51 heavy (non-hydrogen) atoms. The van der Waals surface area contributed by atoms with E-state index in [1.807, 2.05) is 0 Å². The van der Waals surface area contributed by atoms with E-state index in [0.29, 0.717) is 0 Å². The minimum atomic E-state index is 1.12. The molecule has 0 atom stereocenters. The largest absolute Gasteiger partial charge is 0.310 e. The van der Waals surface area contributed by atoms with E-state index in [-0.39, 0.29) is 0 Å². The maximum Gasteiger partial charge on any atom is 0.0540 e. The van der Waals surface area contributed by atoms with Crippen LogP contribution in [0.25, 0.3) is 77.2 Å². The average Bonchev–Trinajstić information content (AvgIpc) is 3.21. The van der Waals surface area contributed by atoms with E-state index >= 15 is 0 Å². The normalized spacial score (nSPS) is 11.5. The molecule has 0 aliphatic heterocycles. The third-order valence-corrected chi connectivity index (χ3v) is 10.3. The van der Waals surface area contributed by atoms with Crippen LogP contribution in [-0.2, 0) is 0 Å². The third-order valence-electron chi connectivity index (χ3n) is 10.3. The monoisotopic (exact) mass is 647 g/mol. The summed E-state index contributed by atoms with van der Waals surface area (Å²) in [5, 5.41) is 5.04. The van der Waals surface area contributed by atoms with Crippen LogP contribution >= 0.6 is 0 Å². The van der Waals surface area contributed by atoms with Gasteiger partial charge in [-0.05, 0) is 132 Å². The fourth-order valence-corrected chi connectivity index (χ4v) is 7.75. The summed E-state index contributed by atoms with van der Waals surface area (Å²) in [6.45, 7) is 0.